The molecule has 0 spiro atoms. The van der Waals surface area contributed by atoms with Gasteiger partial charge in [-0.05, 0) is 45.8 Å². The van der Waals surface area contributed by atoms with Crippen molar-refractivity contribution in [2.45, 2.75) is 6.42 Å². The molecule has 3 rings (SSSR count). The number of carbonyl (C=O) groups excluding carboxylic acids is 1. The summed E-state index contributed by atoms with van der Waals surface area (Å²) in [5.41, 5.74) is 1.64. The molecule has 1 aromatic heterocycles. The number of methoxy groups -OCH3 is 2. The zero-order valence-corrected chi connectivity index (χ0v) is 15.9. The molecule has 0 amide bonds. The van der Waals surface area contributed by atoms with Crippen molar-refractivity contribution in [3.8, 4) is 5.75 Å². The van der Waals surface area contributed by atoms with Crippen molar-refractivity contribution in [1.82, 2.24) is 9.55 Å². The van der Waals surface area contributed by atoms with Gasteiger partial charge in [0.1, 0.15) is 28.7 Å². The van der Waals surface area contributed by atoms with Crippen molar-refractivity contribution in [2.75, 3.05) is 14.2 Å². The van der Waals surface area contributed by atoms with Gasteiger partial charge in [0.15, 0.2) is 0 Å². The molecule has 0 atom stereocenters. The first-order valence-corrected chi connectivity index (χ1v) is 8.40. The Morgan fingerprint density at radius 2 is 1.92 bits per heavy atom. The number of benzene rings is 2. The lowest BCUT2D eigenvalue weighted by atomic mass is 10.1. The Morgan fingerprint density at radius 1 is 1.19 bits per heavy atom. The number of aryl methyl sites for hydroxylation is 1. The number of halogens is 3. The zero-order chi connectivity index (χ0) is 19.0. The summed E-state index contributed by atoms with van der Waals surface area (Å²) in [6.45, 7) is 0. The van der Waals surface area contributed by atoms with E-state index in [-0.39, 0.29) is 16.5 Å². The highest BCUT2D eigenvalue weighted by atomic mass is 79.9. The van der Waals surface area contributed by atoms with Crippen molar-refractivity contribution in [2.24, 2.45) is 7.05 Å². The molecule has 0 aliphatic carbocycles. The lowest BCUT2D eigenvalue weighted by molar-refractivity contribution is 0.0600. The fourth-order valence-electron chi connectivity index (χ4n) is 2.72. The molecule has 1 heterocycles. The predicted octanol–water partition coefficient (Wildman–Crippen LogP) is 4.00. The molecule has 0 saturated carbocycles. The first kappa shape index (κ1) is 18.3. The third kappa shape index (κ3) is 3.16. The minimum absolute atomic E-state index is 0.0631. The molecule has 2 aromatic carbocycles. The fraction of sp³-hybridized carbons (Fsp3) is 0.222. The number of aromatic nitrogens is 2. The summed E-state index contributed by atoms with van der Waals surface area (Å²) in [5, 5.41) is 0. The van der Waals surface area contributed by atoms with Crippen LogP contribution >= 0.6 is 15.9 Å². The summed E-state index contributed by atoms with van der Waals surface area (Å²) in [6, 6.07) is 5.38. The van der Waals surface area contributed by atoms with E-state index in [2.05, 4.69) is 20.9 Å². The first-order chi connectivity index (χ1) is 12.3. The molecule has 5 nitrogen and oxygen atoms in total. The topological polar surface area (TPSA) is 53.4 Å². The Kier molecular flexibility index (Phi) is 4.95. The van der Waals surface area contributed by atoms with Crippen molar-refractivity contribution < 1.29 is 23.0 Å². The Labute approximate surface area is 156 Å². The zero-order valence-electron chi connectivity index (χ0n) is 14.3. The van der Waals surface area contributed by atoms with Crippen molar-refractivity contribution in [3.05, 3.63) is 57.3 Å². The number of imidazole rings is 1. The van der Waals surface area contributed by atoms with Gasteiger partial charge >= 0.3 is 5.97 Å². The van der Waals surface area contributed by atoms with E-state index in [1.54, 1.807) is 17.7 Å². The van der Waals surface area contributed by atoms with Crippen molar-refractivity contribution >= 4 is 32.9 Å². The van der Waals surface area contributed by atoms with Gasteiger partial charge < -0.3 is 14.0 Å². The molecule has 136 valence electrons. The number of fused-ring (bicyclic) bond motifs is 1. The molecular weight excluding hydrogens is 410 g/mol. The van der Waals surface area contributed by atoms with Gasteiger partial charge in [0.2, 0.25) is 0 Å². The SMILES string of the molecule is COC(=O)c1cc(OC)c2nc(Cc3cc(F)c(Br)cc3F)n(C)c2c1. The summed E-state index contributed by atoms with van der Waals surface area (Å²) in [4.78, 5) is 16.3. The van der Waals surface area contributed by atoms with Crippen LogP contribution in [0.5, 0.6) is 5.75 Å². The third-order valence-electron chi connectivity index (χ3n) is 4.12. The number of esters is 1. The highest BCUT2D eigenvalue weighted by Gasteiger charge is 2.18. The van der Waals surface area contributed by atoms with Crippen LogP contribution in [0.2, 0.25) is 0 Å². The molecule has 3 aromatic rings. The highest BCUT2D eigenvalue weighted by Crippen LogP contribution is 2.29. The summed E-state index contributed by atoms with van der Waals surface area (Å²) < 4.78 is 39.7. The van der Waals surface area contributed by atoms with E-state index in [0.29, 0.717) is 28.2 Å². The van der Waals surface area contributed by atoms with Gasteiger partial charge in [-0.1, -0.05) is 0 Å². The third-order valence-corrected chi connectivity index (χ3v) is 4.73. The van der Waals surface area contributed by atoms with Crippen LogP contribution in [0, 0.1) is 11.6 Å². The maximum absolute atomic E-state index is 14.1. The van der Waals surface area contributed by atoms with Gasteiger partial charge in [0.25, 0.3) is 0 Å². The Bertz CT molecular complexity index is 1020. The molecule has 0 aliphatic heterocycles. The number of carbonyl (C=O) groups is 1. The molecule has 0 saturated heterocycles. The molecule has 0 unspecified atom stereocenters. The maximum atomic E-state index is 14.1. The van der Waals surface area contributed by atoms with Gasteiger partial charge in [-0.3, -0.25) is 0 Å². The van der Waals surface area contributed by atoms with E-state index in [4.69, 9.17) is 9.47 Å². The number of hydrogen-bond acceptors (Lipinski definition) is 4. The normalized spacial score (nSPS) is 11.0. The quantitative estimate of drug-likeness (QED) is 0.469. The van der Waals surface area contributed by atoms with E-state index < -0.39 is 17.6 Å². The smallest absolute Gasteiger partial charge is 0.338 e. The lowest BCUT2D eigenvalue weighted by Crippen LogP contribution is -2.03. The van der Waals surface area contributed by atoms with Crippen LogP contribution in [0.4, 0.5) is 8.78 Å². The van der Waals surface area contributed by atoms with Gasteiger partial charge in [0.05, 0.1) is 29.8 Å². The molecular formula is C18H15BrF2N2O3. The second-order valence-corrected chi connectivity index (χ2v) is 6.51. The lowest BCUT2D eigenvalue weighted by Gasteiger charge is -2.06. The van der Waals surface area contributed by atoms with Gasteiger partial charge in [0, 0.05) is 13.5 Å². The number of ether oxygens (including phenoxy) is 2. The maximum Gasteiger partial charge on any atom is 0.338 e. The van der Waals surface area contributed by atoms with Crippen LogP contribution in [-0.2, 0) is 18.2 Å². The van der Waals surface area contributed by atoms with E-state index in [1.165, 1.54) is 20.3 Å². The second kappa shape index (κ2) is 7.03. The highest BCUT2D eigenvalue weighted by molar-refractivity contribution is 9.10. The van der Waals surface area contributed by atoms with Crippen molar-refractivity contribution in [3.63, 3.8) is 0 Å². The molecule has 8 heteroatoms. The monoisotopic (exact) mass is 424 g/mol. The second-order valence-electron chi connectivity index (χ2n) is 5.66. The van der Waals surface area contributed by atoms with Crippen LogP contribution in [0.1, 0.15) is 21.7 Å². The minimum Gasteiger partial charge on any atom is -0.494 e. The molecule has 0 fully saturated rings. The minimum atomic E-state index is -0.550. The van der Waals surface area contributed by atoms with Gasteiger partial charge in [-0.25, -0.2) is 18.6 Å². The summed E-state index contributed by atoms with van der Waals surface area (Å²) in [5.74, 6) is -0.694. The summed E-state index contributed by atoms with van der Waals surface area (Å²) in [6.07, 6.45) is 0.0813. The average molecular weight is 425 g/mol. The van der Waals surface area contributed by atoms with Crippen LogP contribution < -0.4 is 4.74 Å². The fourth-order valence-corrected chi connectivity index (χ4v) is 3.04. The van der Waals surface area contributed by atoms with Crippen LogP contribution in [0.15, 0.2) is 28.7 Å². The number of nitrogens with zero attached hydrogens (tertiary/aromatic N) is 2. The molecule has 0 N–H and O–H groups in total. The van der Waals surface area contributed by atoms with E-state index in [9.17, 15) is 13.6 Å². The number of hydrogen-bond donors (Lipinski definition) is 0. The standard InChI is InChI=1S/C18H15BrF2N2O3/c1-23-14-5-10(18(24)26-3)6-15(25-2)17(14)22-16(23)7-9-4-13(21)11(19)8-12(9)20/h4-6,8H,7H2,1-3H3. The summed E-state index contributed by atoms with van der Waals surface area (Å²) >= 11 is 2.96. The van der Waals surface area contributed by atoms with Gasteiger partial charge in [-0.15, -0.1) is 0 Å². The summed E-state index contributed by atoms with van der Waals surface area (Å²) in [7, 11) is 4.49. The Hall–Kier alpha value is -2.48. The molecule has 0 radical (unpaired) electrons. The van der Waals surface area contributed by atoms with Gasteiger partial charge in [-0.2, -0.15) is 0 Å². The van der Waals surface area contributed by atoms with Crippen LogP contribution in [0.3, 0.4) is 0 Å². The first-order valence-electron chi connectivity index (χ1n) is 7.60. The van der Waals surface area contributed by atoms with E-state index in [1.807, 2.05) is 0 Å². The largest absolute Gasteiger partial charge is 0.494 e. The molecule has 0 bridgehead atoms. The Morgan fingerprint density at radius 3 is 2.58 bits per heavy atom. The van der Waals surface area contributed by atoms with E-state index in [0.717, 1.165) is 12.1 Å². The van der Waals surface area contributed by atoms with E-state index >= 15 is 0 Å². The molecule has 26 heavy (non-hydrogen) atoms. The average Bonchev–Trinajstić information content (AvgIpc) is 2.94. The van der Waals surface area contributed by atoms with Crippen LogP contribution in [-0.4, -0.2) is 29.7 Å². The Balaban J connectivity index is 2.12. The predicted molar refractivity (Wildman–Crippen MR) is 95.5 cm³/mol. The number of rotatable bonds is 4. The molecule has 0 aliphatic rings. The van der Waals surface area contributed by atoms with Crippen molar-refractivity contribution in [1.29, 1.82) is 0 Å². The van der Waals surface area contributed by atoms with Crippen LogP contribution in [0.25, 0.3) is 11.0 Å².